The van der Waals surface area contributed by atoms with Gasteiger partial charge in [0.1, 0.15) is 18.1 Å². The van der Waals surface area contributed by atoms with Gasteiger partial charge in [-0.2, -0.15) is 9.61 Å². The van der Waals surface area contributed by atoms with Crippen molar-refractivity contribution in [2.75, 3.05) is 7.11 Å². The molecule has 2 heterocycles. The maximum atomic E-state index is 5.79. The molecule has 0 aliphatic rings. The van der Waals surface area contributed by atoms with Crippen LogP contribution in [0.25, 0.3) is 16.3 Å². The molecule has 0 unspecified atom stereocenters. The number of hydrogen-bond acceptors (Lipinski definition) is 6. The zero-order chi connectivity index (χ0) is 17.2. The van der Waals surface area contributed by atoms with Crippen molar-refractivity contribution in [2.45, 2.75) is 13.5 Å². The number of ether oxygens (including phenoxy) is 2. The van der Waals surface area contributed by atoms with Crippen molar-refractivity contribution in [1.82, 2.24) is 19.8 Å². The number of aromatic nitrogens is 4. The lowest BCUT2D eigenvalue weighted by atomic mass is 10.2. The van der Waals surface area contributed by atoms with Crippen molar-refractivity contribution in [3.63, 3.8) is 0 Å². The lowest BCUT2D eigenvalue weighted by molar-refractivity contribution is 0.304. The molecular formula is C18H16N4O2S. The van der Waals surface area contributed by atoms with E-state index in [0.29, 0.717) is 12.4 Å². The standard InChI is InChI=1S/C18H16N4O2S/c1-12-6-8-14(9-7-12)24-11-16-21-22-17(19-20-18(22)25-16)13-4-3-5-15(10-13)23-2/h3-10H,11H2,1-2H3. The van der Waals surface area contributed by atoms with Crippen LogP contribution in [0.3, 0.4) is 0 Å². The summed E-state index contributed by atoms with van der Waals surface area (Å²) in [5.41, 5.74) is 2.11. The van der Waals surface area contributed by atoms with Gasteiger partial charge in [-0.1, -0.05) is 41.2 Å². The number of rotatable bonds is 5. The van der Waals surface area contributed by atoms with Gasteiger partial charge in [0.25, 0.3) is 0 Å². The summed E-state index contributed by atoms with van der Waals surface area (Å²) in [4.78, 5) is 0.736. The second-order valence-corrected chi connectivity index (χ2v) is 6.59. The number of methoxy groups -OCH3 is 1. The molecule has 0 N–H and O–H groups in total. The first-order valence-electron chi connectivity index (χ1n) is 7.78. The molecule has 0 atom stereocenters. The van der Waals surface area contributed by atoms with E-state index in [1.807, 2.05) is 55.5 Å². The highest BCUT2D eigenvalue weighted by Crippen LogP contribution is 2.25. The first-order chi connectivity index (χ1) is 12.2. The van der Waals surface area contributed by atoms with E-state index in [1.165, 1.54) is 16.9 Å². The average molecular weight is 352 g/mol. The molecule has 0 aliphatic heterocycles. The van der Waals surface area contributed by atoms with Crippen LogP contribution in [0, 0.1) is 6.92 Å². The molecule has 0 aliphatic carbocycles. The maximum absolute atomic E-state index is 5.79. The third-order valence-electron chi connectivity index (χ3n) is 3.74. The number of aryl methyl sites for hydroxylation is 1. The van der Waals surface area contributed by atoms with Gasteiger partial charge in [-0.3, -0.25) is 0 Å². The highest BCUT2D eigenvalue weighted by Gasteiger charge is 2.14. The van der Waals surface area contributed by atoms with Gasteiger partial charge in [0.2, 0.25) is 4.96 Å². The van der Waals surface area contributed by atoms with Crippen LogP contribution in [-0.4, -0.2) is 26.9 Å². The van der Waals surface area contributed by atoms with Gasteiger partial charge in [-0.25, -0.2) is 0 Å². The van der Waals surface area contributed by atoms with Crippen molar-refractivity contribution < 1.29 is 9.47 Å². The van der Waals surface area contributed by atoms with Gasteiger partial charge < -0.3 is 9.47 Å². The Morgan fingerprint density at radius 3 is 2.68 bits per heavy atom. The molecule has 0 bridgehead atoms. The Kier molecular flexibility index (Phi) is 4.07. The second-order valence-electron chi connectivity index (χ2n) is 5.55. The summed E-state index contributed by atoms with van der Waals surface area (Å²) in [5.74, 6) is 2.28. The Bertz CT molecular complexity index is 1010. The molecule has 0 saturated heterocycles. The van der Waals surface area contributed by atoms with Gasteiger partial charge in [0, 0.05) is 5.56 Å². The summed E-state index contributed by atoms with van der Waals surface area (Å²) in [7, 11) is 1.64. The van der Waals surface area contributed by atoms with Crippen LogP contribution in [0.15, 0.2) is 48.5 Å². The molecule has 126 valence electrons. The van der Waals surface area contributed by atoms with E-state index in [-0.39, 0.29) is 0 Å². The Morgan fingerprint density at radius 1 is 1.04 bits per heavy atom. The fourth-order valence-electron chi connectivity index (χ4n) is 2.44. The molecule has 2 aromatic heterocycles. The first kappa shape index (κ1) is 15.6. The molecule has 0 saturated carbocycles. The maximum Gasteiger partial charge on any atom is 0.235 e. The zero-order valence-electron chi connectivity index (χ0n) is 13.8. The minimum atomic E-state index is 0.397. The predicted octanol–water partition coefficient (Wildman–Crippen LogP) is 3.75. The van der Waals surface area contributed by atoms with Crippen LogP contribution in [0.5, 0.6) is 11.5 Å². The van der Waals surface area contributed by atoms with Crippen molar-refractivity contribution in [3.8, 4) is 22.9 Å². The fourth-order valence-corrected chi connectivity index (χ4v) is 3.18. The third kappa shape index (κ3) is 3.18. The normalized spacial score (nSPS) is 11.0. The Hall–Kier alpha value is -2.93. The van der Waals surface area contributed by atoms with Crippen LogP contribution < -0.4 is 9.47 Å². The summed E-state index contributed by atoms with van der Waals surface area (Å²) in [6, 6.07) is 15.6. The summed E-state index contributed by atoms with van der Waals surface area (Å²) >= 11 is 1.47. The Labute approximate surface area is 148 Å². The van der Waals surface area contributed by atoms with Crippen molar-refractivity contribution >= 4 is 16.3 Å². The quantitative estimate of drug-likeness (QED) is 0.547. The second kappa shape index (κ2) is 6.52. The molecular weight excluding hydrogens is 336 g/mol. The largest absolute Gasteiger partial charge is 0.497 e. The van der Waals surface area contributed by atoms with E-state index in [9.17, 15) is 0 Å². The minimum Gasteiger partial charge on any atom is -0.497 e. The summed E-state index contributed by atoms with van der Waals surface area (Å²) < 4.78 is 12.8. The van der Waals surface area contributed by atoms with Crippen LogP contribution in [0.2, 0.25) is 0 Å². The predicted molar refractivity (Wildman–Crippen MR) is 96.2 cm³/mol. The minimum absolute atomic E-state index is 0.397. The molecule has 0 spiro atoms. The van der Waals surface area contributed by atoms with Crippen molar-refractivity contribution in [1.29, 1.82) is 0 Å². The van der Waals surface area contributed by atoms with E-state index in [2.05, 4.69) is 15.3 Å². The molecule has 0 radical (unpaired) electrons. The molecule has 25 heavy (non-hydrogen) atoms. The van der Waals surface area contributed by atoms with Gasteiger partial charge >= 0.3 is 0 Å². The van der Waals surface area contributed by atoms with E-state index in [4.69, 9.17) is 9.47 Å². The fraction of sp³-hybridized carbons (Fsp3) is 0.167. The number of nitrogens with zero attached hydrogens (tertiary/aromatic N) is 4. The van der Waals surface area contributed by atoms with Crippen molar-refractivity contribution in [3.05, 3.63) is 59.1 Å². The van der Waals surface area contributed by atoms with Gasteiger partial charge in [0.15, 0.2) is 10.8 Å². The van der Waals surface area contributed by atoms with Crippen LogP contribution in [0.1, 0.15) is 10.6 Å². The SMILES string of the molecule is COc1cccc(-c2nnc3sc(COc4ccc(C)cc4)nn23)c1. The van der Waals surface area contributed by atoms with Crippen LogP contribution in [0.4, 0.5) is 0 Å². The highest BCUT2D eigenvalue weighted by molar-refractivity contribution is 7.16. The Balaban J connectivity index is 1.58. The molecule has 6 nitrogen and oxygen atoms in total. The number of benzene rings is 2. The zero-order valence-corrected chi connectivity index (χ0v) is 14.7. The molecule has 4 rings (SSSR count). The lowest BCUT2D eigenvalue weighted by Crippen LogP contribution is -1.97. The summed E-state index contributed by atoms with van der Waals surface area (Å²) in [6.45, 7) is 2.45. The van der Waals surface area contributed by atoms with Gasteiger partial charge in [0.05, 0.1) is 7.11 Å². The van der Waals surface area contributed by atoms with E-state index in [1.54, 1.807) is 11.6 Å². The number of hydrogen-bond donors (Lipinski definition) is 0. The van der Waals surface area contributed by atoms with E-state index >= 15 is 0 Å². The molecule has 7 heteroatoms. The molecule has 0 amide bonds. The monoisotopic (exact) mass is 352 g/mol. The Morgan fingerprint density at radius 2 is 1.88 bits per heavy atom. The van der Waals surface area contributed by atoms with Crippen LogP contribution in [-0.2, 0) is 6.61 Å². The first-order valence-corrected chi connectivity index (χ1v) is 8.59. The molecule has 4 aromatic rings. The van der Waals surface area contributed by atoms with Crippen LogP contribution >= 0.6 is 11.3 Å². The van der Waals surface area contributed by atoms with E-state index in [0.717, 1.165) is 27.0 Å². The van der Waals surface area contributed by atoms with Crippen molar-refractivity contribution in [2.24, 2.45) is 0 Å². The summed E-state index contributed by atoms with van der Waals surface area (Å²) in [6.07, 6.45) is 0. The van der Waals surface area contributed by atoms with E-state index < -0.39 is 0 Å². The molecule has 2 aromatic carbocycles. The van der Waals surface area contributed by atoms with Gasteiger partial charge in [-0.15, -0.1) is 10.2 Å². The smallest absolute Gasteiger partial charge is 0.235 e. The topological polar surface area (TPSA) is 61.5 Å². The summed E-state index contributed by atoms with van der Waals surface area (Å²) in [5, 5.41) is 13.9. The van der Waals surface area contributed by atoms with Gasteiger partial charge in [-0.05, 0) is 31.2 Å². The lowest BCUT2D eigenvalue weighted by Gasteiger charge is -2.03. The third-order valence-corrected chi connectivity index (χ3v) is 4.62. The number of fused-ring (bicyclic) bond motifs is 1. The average Bonchev–Trinajstić information content (AvgIpc) is 3.21. The molecule has 0 fully saturated rings. The highest BCUT2D eigenvalue weighted by atomic mass is 32.1.